The number of hydrogen-bond donors (Lipinski definition) is 1. The SMILES string of the molecule is CCn1c(SCC(=O)Nc2ccccn2)nnc1-c1cc(OC)cc(OC)c1. The second-order valence-electron chi connectivity index (χ2n) is 5.70. The Balaban J connectivity index is 1.76. The summed E-state index contributed by atoms with van der Waals surface area (Å²) in [5.41, 5.74) is 0.829. The maximum Gasteiger partial charge on any atom is 0.236 e. The van der Waals surface area contributed by atoms with E-state index < -0.39 is 0 Å². The third-order valence-corrected chi connectivity index (χ3v) is 4.87. The monoisotopic (exact) mass is 399 g/mol. The number of thioether (sulfide) groups is 1. The van der Waals surface area contributed by atoms with Gasteiger partial charge >= 0.3 is 0 Å². The highest BCUT2D eigenvalue weighted by Crippen LogP contribution is 2.30. The van der Waals surface area contributed by atoms with Crippen LogP contribution in [0.5, 0.6) is 11.5 Å². The Hall–Kier alpha value is -3.07. The standard InChI is InChI=1S/C19H21N5O3S/c1-4-24-18(13-9-14(26-2)11-15(10-13)27-3)22-23-19(24)28-12-17(25)21-16-7-5-6-8-20-16/h5-11H,4,12H2,1-3H3,(H,20,21,25). The van der Waals surface area contributed by atoms with Crippen molar-refractivity contribution in [2.75, 3.05) is 25.3 Å². The van der Waals surface area contributed by atoms with Gasteiger partial charge in [-0.25, -0.2) is 4.98 Å². The number of rotatable bonds is 8. The Labute approximate surface area is 167 Å². The van der Waals surface area contributed by atoms with Gasteiger partial charge in [-0.15, -0.1) is 10.2 Å². The zero-order valence-corrected chi connectivity index (χ0v) is 16.7. The number of hydrogen-bond acceptors (Lipinski definition) is 7. The summed E-state index contributed by atoms with van der Waals surface area (Å²) in [5, 5.41) is 12.0. The zero-order valence-electron chi connectivity index (χ0n) is 15.9. The maximum atomic E-state index is 12.2. The van der Waals surface area contributed by atoms with Crippen LogP contribution < -0.4 is 14.8 Å². The van der Waals surface area contributed by atoms with E-state index in [-0.39, 0.29) is 11.7 Å². The minimum Gasteiger partial charge on any atom is -0.497 e. The fourth-order valence-corrected chi connectivity index (χ4v) is 3.38. The fourth-order valence-electron chi connectivity index (χ4n) is 2.58. The van der Waals surface area contributed by atoms with E-state index in [1.165, 1.54) is 11.8 Å². The summed E-state index contributed by atoms with van der Waals surface area (Å²) < 4.78 is 12.6. The quantitative estimate of drug-likeness (QED) is 0.582. The van der Waals surface area contributed by atoms with E-state index in [2.05, 4.69) is 20.5 Å². The second kappa shape index (κ2) is 9.23. The van der Waals surface area contributed by atoms with Gasteiger partial charge in [0.2, 0.25) is 5.91 Å². The Morgan fingerprint density at radius 2 is 1.89 bits per heavy atom. The van der Waals surface area contributed by atoms with Crippen LogP contribution in [0.15, 0.2) is 47.8 Å². The Morgan fingerprint density at radius 1 is 1.14 bits per heavy atom. The molecule has 2 aromatic heterocycles. The summed E-state index contributed by atoms with van der Waals surface area (Å²) in [6.07, 6.45) is 1.63. The molecule has 28 heavy (non-hydrogen) atoms. The predicted octanol–water partition coefficient (Wildman–Crippen LogP) is 3.11. The van der Waals surface area contributed by atoms with Crippen LogP contribution in [0.3, 0.4) is 0 Å². The number of nitrogens with zero attached hydrogens (tertiary/aromatic N) is 4. The first-order chi connectivity index (χ1) is 13.6. The van der Waals surface area contributed by atoms with Crippen molar-refractivity contribution >= 4 is 23.5 Å². The van der Waals surface area contributed by atoms with Crippen molar-refractivity contribution in [2.45, 2.75) is 18.6 Å². The van der Waals surface area contributed by atoms with E-state index in [0.717, 1.165) is 5.56 Å². The molecule has 1 aromatic carbocycles. The van der Waals surface area contributed by atoms with Crippen LogP contribution >= 0.6 is 11.8 Å². The molecular formula is C19H21N5O3S. The topological polar surface area (TPSA) is 91.2 Å². The maximum absolute atomic E-state index is 12.2. The molecule has 0 aliphatic heterocycles. The van der Waals surface area contributed by atoms with Crippen molar-refractivity contribution in [3.63, 3.8) is 0 Å². The van der Waals surface area contributed by atoms with Gasteiger partial charge in [-0.3, -0.25) is 4.79 Å². The first kappa shape index (κ1) is 19.7. The Morgan fingerprint density at radius 3 is 2.50 bits per heavy atom. The van der Waals surface area contributed by atoms with E-state index in [1.54, 1.807) is 38.6 Å². The third-order valence-electron chi connectivity index (χ3n) is 3.91. The van der Waals surface area contributed by atoms with Gasteiger partial charge in [0.15, 0.2) is 11.0 Å². The van der Waals surface area contributed by atoms with Gasteiger partial charge in [0, 0.05) is 24.4 Å². The molecule has 0 bridgehead atoms. The van der Waals surface area contributed by atoms with Crippen molar-refractivity contribution in [3.05, 3.63) is 42.6 Å². The fraction of sp³-hybridized carbons (Fsp3) is 0.263. The Kier molecular flexibility index (Phi) is 6.49. The van der Waals surface area contributed by atoms with Crippen LogP contribution in [-0.2, 0) is 11.3 Å². The smallest absolute Gasteiger partial charge is 0.236 e. The molecule has 146 valence electrons. The molecule has 8 nitrogen and oxygen atoms in total. The normalized spacial score (nSPS) is 10.5. The number of nitrogens with one attached hydrogen (secondary N) is 1. The molecule has 3 aromatic rings. The number of benzene rings is 1. The minimum atomic E-state index is -0.154. The van der Waals surface area contributed by atoms with E-state index >= 15 is 0 Å². The molecule has 1 N–H and O–H groups in total. The number of anilines is 1. The highest BCUT2D eigenvalue weighted by molar-refractivity contribution is 7.99. The van der Waals surface area contributed by atoms with Gasteiger partial charge < -0.3 is 19.4 Å². The Bertz CT molecular complexity index is 924. The number of carbonyl (C=O) groups is 1. The molecule has 0 atom stereocenters. The molecule has 3 rings (SSSR count). The molecule has 0 saturated heterocycles. The van der Waals surface area contributed by atoms with Crippen molar-refractivity contribution in [1.29, 1.82) is 0 Å². The molecule has 0 aliphatic carbocycles. The molecule has 0 radical (unpaired) electrons. The largest absolute Gasteiger partial charge is 0.497 e. The lowest BCUT2D eigenvalue weighted by Crippen LogP contribution is -2.15. The van der Waals surface area contributed by atoms with Crippen molar-refractivity contribution in [1.82, 2.24) is 19.7 Å². The summed E-state index contributed by atoms with van der Waals surface area (Å²) in [6, 6.07) is 10.9. The van der Waals surface area contributed by atoms with Gasteiger partial charge in [-0.1, -0.05) is 17.8 Å². The van der Waals surface area contributed by atoms with Crippen LogP contribution in [0.25, 0.3) is 11.4 Å². The van der Waals surface area contributed by atoms with Crippen LogP contribution in [0.2, 0.25) is 0 Å². The van der Waals surface area contributed by atoms with Crippen molar-refractivity contribution in [3.8, 4) is 22.9 Å². The molecular weight excluding hydrogens is 378 g/mol. The average Bonchev–Trinajstić information content (AvgIpc) is 3.15. The molecule has 0 aliphatic rings. The molecule has 0 unspecified atom stereocenters. The van der Waals surface area contributed by atoms with Gasteiger partial charge in [0.05, 0.1) is 20.0 Å². The van der Waals surface area contributed by atoms with E-state index in [4.69, 9.17) is 9.47 Å². The highest BCUT2D eigenvalue weighted by Gasteiger charge is 2.16. The molecule has 0 saturated carbocycles. The number of ether oxygens (including phenoxy) is 2. The van der Waals surface area contributed by atoms with Crippen LogP contribution in [-0.4, -0.2) is 45.6 Å². The van der Waals surface area contributed by atoms with Gasteiger partial charge in [0.25, 0.3) is 0 Å². The molecule has 9 heteroatoms. The summed E-state index contributed by atoms with van der Waals surface area (Å²) in [4.78, 5) is 16.3. The summed E-state index contributed by atoms with van der Waals surface area (Å²) in [7, 11) is 3.20. The summed E-state index contributed by atoms with van der Waals surface area (Å²) >= 11 is 1.32. The van der Waals surface area contributed by atoms with Gasteiger partial charge in [-0.2, -0.15) is 0 Å². The first-order valence-corrected chi connectivity index (χ1v) is 9.63. The average molecular weight is 399 g/mol. The molecule has 0 spiro atoms. The van der Waals surface area contributed by atoms with Crippen molar-refractivity contribution in [2.24, 2.45) is 0 Å². The second-order valence-corrected chi connectivity index (χ2v) is 6.65. The van der Waals surface area contributed by atoms with Crippen LogP contribution in [0.4, 0.5) is 5.82 Å². The first-order valence-electron chi connectivity index (χ1n) is 8.65. The van der Waals surface area contributed by atoms with Crippen molar-refractivity contribution < 1.29 is 14.3 Å². The molecule has 1 amide bonds. The number of carbonyl (C=O) groups excluding carboxylic acids is 1. The zero-order chi connectivity index (χ0) is 19.9. The third kappa shape index (κ3) is 4.61. The van der Waals surface area contributed by atoms with Gasteiger partial charge in [-0.05, 0) is 31.2 Å². The summed E-state index contributed by atoms with van der Waals surface area (Å²) in [5.74, 6) is 2.60. The number of pyridine rings is 1. The lowest BCUT2D eigenvalue weighted by atomic mass is 10.2. The lowest BCUT2D eigenvalue weighted by molar-refractivity contribution is -0.113. The number of amides is 1. The van der Waals surface area contributed by atoms with Gasteiger partial charge in [0.1, 0.15) is 17.3 Å². The molecule has 2 heterocycles. The minimum absolute atomic E-state index is 0.154. The predicted molar refractivity (Wildman–Crippen MR) is 108 cm³/mol. The number of aromatic nitrogens is 4. The summed E-state index contributed by atoms with van der Waals surface area (Å²) in [6.45, 7) is 2.66. The van der Waals surface area contributed by atoms with E-state index in [9.17, 15) is 4.79 Å². The highest BCUT2D eigenvalue weighted by atomic mass is 32.2. The van der Waals surface area contributed by atoms with Crippen LogP contribution in [0.1, 0.15) is 6.92 Å². The van der Waals surface area contributed by atoms with Crippen LogP contribution in [0, 0.1) is 0 Å². The number of methoxy groups -OCH3 is 2. The molecule has 0 fully saturated rings. The van der Waals surface area contributed by atoms with E-state index in [0.29, 0.717) is 34.8 Å². The van der Waals surface area contributed by atoms with E-state index in [1.807, 2.05) is 29.7 Å². The lowest BCUT2D eigenvalue weighted by Gasteiger charge is -2.10.